The number of nitrogens with zero attached hydrogens (tertiary/aromatic N) is 2. The van der Waals surface area contributed by atoms with Crippen LogP contribution < -0.4 is 4.74 Å². The van der Waals surface area contributed by atoms with Crippen molar-refractivity contribution in [3.05, 3.63) is 72.1 Å². The van der Waals surface area contributed by atoms with Gasteiger partial charge in [0.1, 0.15) is 5.75 Å². The molecule has 38 heavy (non-hydrogen) atoms. The van der Waals surface area contributed by atoms with Crippen LogP contribution in [0.5, 0.6) is 5.75 Å². The van der Waals surface area contributed by atoms with Gasteiger partial charge in [-0.2, -0.15) is 0 Å². The number of rotatable bonds is 8. The molecule has 7 nitrogen and oxygen atoms in total. The van der Waals surface area contributed by atoms with Crippen molar-refractivity contribution in [3.63, 3.8) is 0 Å². The van der Waals surface area contributed by atoms with Crippen LogP contribution in [0.15, 0.2) is 60.9 Å². The fourth-order valence-electron chi connectivity index (χ4n) is 5.80. The predicted octanol–water partition coefficient (Wildman–Crippen LogP) is 5.49. The highest BCUT2D eigenvalue weighted by molar-refractivity contribution is 6.08. The molecule has 2 aromatic carbocycles. The summed E-state index contributed by atoms with van der Waals surface area (Å²) in [5, 5.41) is 2.23. The number of imide groups is 1. The molecule has 8 heteroatoms. The molecule has 2 aliphatic rings. The number of unbranched alkanes of at least 4 members (excludes halogenated alkanes) is 1. The lowest BCUT2D eigenvalue weighted by Crippen LogP contribution is -2.33. The SMILES string of the molecule is COc1ccc2[nH]cc(C3=CCN(CCCCN4C(=O)CC(c5c[nH]c6ccccc56)C4=O)CC3)c2c1.Cl. The van der Waals surface area contributed by atoms with Crippen molar-refractivity contribution in [3.8, 4) is 5.75 Å². The number of carbonyl (C=O) groups is 2. The summed E-state index contributed by atoms with van der Waals surface area (Å²) in [5.41, 5.74) is 5.68. The van der Waals surface area contributed by atoms with Gasteiger partial charge in [-0.3, -0.25) is 19.4 Å². The molecule has 1 unspecified atom stereocenters. The molecule has 2 amide bonds. The maximum Gasteiger partial charge on any atom is 0.237 e. The Labute approximate surface area is 228 Å². The lowest BCUT2D eigenvalue weighted by atomic mass is 9.97. The number of hydrogen-bond donors (Lipinski definition) is 2. The standard InChI is InChI=1S/C30H32N4O3.ClH/c1-37-21-8-9-28-23(16-21)25(18-31-28)20-10-14-33(15-11-20)12-4-5-13-34-29(35)17-24(30(34)36)26-19-32-27-7-3-2-6-22(26)27;/h2-3,6-10,16,18-19,24,31-32H,4-5,11-15,17H2,1H3;1H. The Morgan fingerprint density at radius 3 is 2.58 bits per heavy atom. The van der Waals surface area contributed by atoms with Crippen LogP contribution in [-0.2, 0) is 9.59 Å². The van der Waals surface area contributed by atoms with E-state index in [-0.39, 0.29) is 36.6 Å². The molecule has 1 fully saturated rings. The molecular weight excluding hydrogens is 500 g/mol. The first-order chi connectivity index (χ1) is 18.1. The van der Waals surface area contributed by atoms with Crippen molar-refractivity contribution in [1.29, 1.82) is 0 Å². The number of ether oxygens (including phenoxy) is 1. The minimum atomic E-state index is -0.376. The number of halogens is 1. The summed E-state index contributed by atoms with van der Waals surface area (Å²) >= 11 is 0. The van der Waals surface area contributed by atoms with Gasteiger partial charge in [0.2, 0.25) is 11.8 Å². The van der Waals surface area contributed by atoms with Crippen molar-refractivity contribution in [2.24, 2.45) is 0 Å². The van der Waals surface area contributed by atoms with E-state index < -0.39 is 0 Å². The highest BCUT2D eigenvalue weighted by Crippen LogP contribution is 2.35. The highest BCUT2D eigenvalue weighted by atomic mass is 35.5. The van der Waals surface area contributed by atoms with E-state index in [1.807, 2.05) is 36.5 Å². The Bertz CT molecular complexity index is 1500. The van der Waals surface area contributed by atoms with Gasteiger partial charge in [-0.05, 0) is 61.2 Å². The number of fused-ring (bicyclic) bond motifs is 2. The highest BCUT2D eigenvalue weighted by Gasteiger charge is 2.40. The predicted molar refractivity (Wildman–Crippen MR) is 153 cm³/mol. The van der Waals surface area contributed by atoms with E-state index in [2.05, 4.69) is 39.3 Å². The molecule has 1 saturated heterocycles. The summed E-state index contributed by atoms with van der Waals surface area (Å²) in [4.78, 5) is 36.3. The number of likely N-dealkylation sites (tertiary alicyclic amines) is 1. The van der Waals surface area contributed by atoms with E-state index in [0.717, 1.165) is 66.6 Å². The molecule has 0 saturated carbocycles. The molecule has 2 aliphatic heterocycles. The molecule has 4 aromatic rings. The van der Waals surface area contributed by atoms with Crippen LogP contribution in [0.2, 0.25) is 0 Å². The first-order valence-corrected chi connectivity index (χ1v) is 13.1. The van der Waals surface area contributed by atoms with E-state index in [4.69, 9.17) is 4.74 Å². The summed E-state index contributed by atoms with van der Waals surface area (Å²) in [6, 6.07) is 14.1. The molecule has 2 N–H and O–H groups in total. The minimum Gasteiger partial charge on any atom is -0.497 e. The third-order valence-electron chi connectivity index (χ3n) is 7.87. The van der Waals surface area contributed by atoms with Gasteiger partial charge < -0.3 is 14.7 Å². The van der Waals surface area contributed by atoms with E-state index in [9.17, 15) is 9.59 Å². The van der Waals surface area contributed by atoms with Crippen LogP contribution in [0.3, 0.4) is 0 Å². The van der Waals surface area contributed by atoms with Crippen LogP contribution >= 0.6 is 12.4 Å². The second kappa shape index (κ2) is 11.1. The number of H-pyrrole nitrogens is 2. The molecule has 6 rings (SSSR count). The number of nitrogens with one attached hydrogen (secondary N) is 2. The Morgan fingerprint density at radius 2 is 1.76 bits per heavy atom. The largest absolute Gasteiger partial charge is 0.497 e. The smallest absolute Gasteiger partial charge is 0.237 e. The minimum absolute atomic E-state index is 0. The Morgan fingerprint density at radius 1 is 0.974 bits per heavy atom. The summed E-state index contributed by atoms with van der Waals surface area (Å²) in [6.07, 6.45) is 9.36. The van der Waals surface area contributed by atoms with Gasteiger partial charge in [0, 0.05) is 65.8 Å². The fraction of sp³-hybridized carbons (Fsp3) is 0.333. The molecule has 0 aliphatic carbocycles. The summed E-state index contributed by atoms with van der Waals surface area (Å²) < 4.78 is 5.41. The summed E-state index contributed by atoms with van der Waals surface area (Å²) in [6.45, 7) is 3.39. The summed E-state index contributed by atoms with van der Waals surface area (Å²) in [5.74, 6) is 0.379. The Balaban J connectivity index is 0.00000294. The molecule has 1 atom stereocenters. The van der Waals surface area contributed by atoms with Gasteiger partial charge in [-0.1, -0.05) is 24.3 Å². The number of aromatic amines is 2. The molecular formula is C30H33ClN4O3. The third kappa shape index (κ3) is 4.84. The van der Waals surface area contributed by atoms with Crippen LogP contribution in [0.25, 0.3) is 27.4 Å². The molecule has 2 aromatic heterocycles. The lowest BCUT2D eigenvalue weighted by Gasteiger charge is -2.26. The van der Waals surface area contributed by atoms with Crippen LogP contribution in [0.1, 0.15) is 42.7 Å². The van der Waals surface area contributed by atoms with E-state index in [1.165, 1.54) is 21.4 Å². The maximum atomic E-state index is 13.1. The topological polar surface area (TPSA) is 81.4 Å². The average Bonchev–Trinajstić information content (AvgIpc) is 3.62. The molecule has 0 spiro atoms. The number of methoxy groups -OCH3 is 1. The van der Waals surface area contributed by atoms with Gasteiger partial charge in [-0.15, -0.1) is 12.4 Å². The quantitative estimate of drug-likeness (QED) is 0.232. The Hall–Kier alpha value is -3.55. The number of para-hydroxylation sites is 1. The van der Waals surface area contributed by atoms with Crippen molar-refractivity contribution in [2.75, 3.05) is 33.3 Å². The van der Waals surface area contributed by atoms with E-state index in [0.29, 0.717) is 6.54 Å². The van der Waals surface area contributed by atoms with Gasteiger partial charge in [0.15, 0.2) is 0 Å². The van der Waals surface area contributed by atoms with E-state index in [1.54, 1.807) is 7.11 Å². The van der Waals surface area contributed by atoms with Gasteiger partial charge >= 0.3 is 0 Å². The first kappa shape index (κ1) is 26.1. The van der Waals surface area contributed by atoms with Gasteiger partial charge in [0.25, 0.3) is 0 Å². The zero-order valence-electron chi connectivity index (χ0n) is 21.5. The van der Waals surface area contributed by atoms with Crippen molar-refractivity contribution >= 4 is 51.6 Å². The number of amides is 2. The van der Waals surface area contributed by atoms with Crippen molar-refractivity contribution in [2.45, 2.75) is 31.6 Å². The Kier molecular flexibility index (Phi) is 7.58. The maximum absolute atomic E-state index is 13.1. The zero-order valence-corrected chi connectivity index (χ0v) is 22.4. The zero-order chi connectivity index (χ0) is 25.4. The number of aromatic nitrogens is 2. The van der Waals surface area contributed by atoms with Gasteiger partial charge in [-0.25, -0.2) is 0 Å². The second-order valence-corrected chi connectivity index (χ2v) is 10.0. The molecule has 0 bridgehead atoms. The lowest BCUT2D eigenvalue weighted by molar-refractivity contribution is -0.138. The van der Waals surface area contributed by atoms with E-state index >= 15 is 0 Å². The van der Waals surface area contributed by atoms with Crippen molar-refractivity contribution < 1.29 is 14.3 Å². The fourth-order valence-corrected chi connectivity index (χ4v) is 5.80. The molecule has 198 valence electrons. The third-order valence-corrected chi connectivity index (χ3v) is 7.87. The number of benzene rings is 2. The number of hydrogen-bond acceptors (Lipinski definition) is 4. The van der Waals surface area contributed by atoms with Crippen LogP contribution in [0, 0.1) is 0 Å². The number of carbonyl (C=O) groups excluding carboxylic acids is 2. The molecule has 4 heterocycles. The second-order valence-electron chi connectivity index (χ2n) is 10.0. The monoisotopic (exact) mass is 532 g/mol. The van der Waals surface area contributed by atoms with Crippen LogP contribution in [0.4, 0.5) is 0 Å². The average molecular weight is 533 g/mol. The van der Waals surface area contributed by atoms with Crippen molar-refractivity contribution in [1.82, 2.24) is 19.8 Å². The normalized spacial score (nSPS) is 18.3. The molecule has 0 radical (unpaired) electrons. The van der Waals surface area contributed by atoms with Crippen LogP contribution in [-0.4, -0.2) is 64.9 Å². The first-order valence-electron chi connectivity index (χ1n) is 13.1. The summed E-state index contributed by atoms with van der Waals surface area (Å²) in [7, 11) is 1.70. The van der Waals surface area contributed by atoms with Gasteiger partial charge in [0.05, 0.1) is 13.0 Å².